The monoisotopic (exact) mass is 833 g/mol. The van der Waals surface area contributed by atoms with Gasteiger partial charge in [-0.1, -0.05) is 158 Å². The van der Waals surface area contributed by atoms with E-state index in [-0.39, 0.29) is 84.6 Å². The third-order valence-corrected chi connectivity index (χ3v) is 12.6. The van der Waals surface area contributed by atoms with E-state index in [1.54, 1.807) is 23.5 Å². The van der Waals surface area contributed by atoms with Crippen molar-refractivity contribution in [3.05, 3.63) is 206 Å². The number of para-hydroxylation sites is 2. The Hall–Kier alpha value is -8.19. The van der Waals surface area contributed by atoms with E-state index in [4.69, 9.17) is 29.0 Å². The molecular formula is C57H34N4OS. The van der Waals surface area contributed by atoms with Crippen LogP contribution in [0.25, 0.3) is 126 Å². The Morgan fingerprint density at radius 1 is 0.429 bits per heavy atom. The zero-order valence-corrected chi connectivity index (χ0v) is 33.7. The fraction of sp³-hybridized carbons (Fsp3) is 0. The molecule has 0 bridgehead atoms. The van der Waals surface area contributed by atoms with Crippen LogP contribution in [0.3, 0.4) is 0 Å². The van der Waals surface area contributed by atoms with E-state index in [0.29, 0.717) is 11.1 Å². The quantitative estimate of drug-likeness (QED) is 0.167. The van der Waals surface area contributed by atoms with Crippen molar-refractivity contribution in [2.45, 2.75) is 0 Å². The van der Waals surface area contributed by atoms with E-state index in [0.717, 1.165) is 42.4 Å². The van der Waals surface area contributed by atoms with E-state index in [1.165, 1.54) is 10.6 Å². The number of furan rings is 1. The first-order valence-corrected chi connectivity index (χ1v) is 21.0. The summed E-state index contributed by atoms with van der Waals surface area (Å²) in [6, 6.07) is 39.8. The minimum Gasteiger partial charge on any atom is -0.456 e. The molecule has 294 valence electrons. The molecule has 0 atom stereocenters. The van der Waals surface area contributed by atoms with Gasteiger partial charge in [0, 0.05) is 64.1 Å². The van der Waals surface area contributed by atoms with E-state index in [1.807, 2.05) is 66.7 Å². The molecule has 5 nitrogen and oxygen atoms in total. The van der Waals surface area contributed by atoms with E-state index in [9.17, 15) is 5.48 Å². The molecular weight excluding hydrogens is 789 g/mol. The molecule has 4 aromatic heterocycles. The van der Waals surface area contributed by atoms with Crippen molar-refractivity contribution in [3.8, 4) is 62.1 Å². The van der Waals surface area contributed by atoms with Crippen LogP contribution in [0.5, 0.6) is 0 Å². The number of benzene rings is 9. The van der Waals surface area contributed by atoms with Crippen molar-refractivity contribution >= 4 is 75.3 Å². The number of thiophene rings is 1. The molecule has 4 heterocycles. The Morgan fingerprint density at radius 2 is 1.14 bits per heavy atom. The summed E-state index contributed by atoms with van der Waals surface area (Å²) < 4.78 is 110. The molecule has 13 rings (SSSR count). The maximum Gasteiger partial charge on any atom is 0.164 e. The van der Waals surface area contributed by atoms with Crippen molar-refractivity contribution in [2.75, 3.05) is 0 Å². The van der Waals surface area contributed by atoms with Crippen LogP contribution < -0.4 is 0 Å². The summed E-state index contributed by atoms with van der Waals surface area (Å²) in [6.07, 6.45) is 0. The third kappa shape index (κ3) is 5.80. The lowest BCUT2D eigenvalue weighted by Gasteiger charge is -2.10. The molecule has 63 heavy (non-hydrogen) atoms. The van der Waals surface area contributed by atoms with Gasteiger partial charge in [-0.05, 0) is 70.6 Å². The van der Waals surface area contributed by atoms with Crippen LogP contribution >= 0.6 is 11.3 Å². The van der Waals surface area contributed by atoms with Gasteiger partial charge in [-0.3, -0.25) is 0 Å². The van der Waals surface area contributed by atoms with Gasteiger partial charge in [0.25, 0.3) is 0 Å². The molecule has 0 aliphatic rings. The van der Waals surface area contributed by atoms with Gasteiger partial charge in [-0.15, -0.1) is 11.3 Å². The van der Waals surface area contributed by atoms with Gasteiger partial charge in [0.2, 0.25) is 0 Å². The van der Waals surface area contributed by atoms with Crippen molar-refractivity contribution in [2.24, 2.45) is 0 Å². The molecule has 0 saturated carbocycles. The lowest BCUT2D eigenvalue weighted by Crippen LogP contribution is -2.00. The van der Waals surface area contributed by atoms with Crippen LogP contribution in [0.4, 0.5) is 0 Å². The molecule has 0 fully saturated rings. The molecule has 0 N–H and O–H groups in total. The number of fused-ring (bicyclic) bond motifs is 9. The van der Waals surface area contributed by atoms with Crippen LogP contribution in [0.2, 0.25) is 0 Å². The largest absolute Gasteiger partial charge is 0.456 e. The van der Waals surface area contributed by atoms with Gasteiger partial charge in [0.05, 0.1) is 26.1 Å². The van der Waals surface area contributed by atoms with E-state index >= 15 is 0 Å². The minimum absolute atomic E-state index is 0.0417. The average Bonchev–Trinajstić information content (AvgIpc) is 4.12. The topological polar surface area (TPSA) is 56.7 Å². The summed E-state index contributed by atoms with van der Waals surface area (Å²) in [6.45, 7) is 0. The summed E-state index contributed by atoms with van der Waals surface area (Å²) in [5.74, 6) is 0.379. The van der Waals surface area contributed by atoms with Gasteiger partial charge < -0.3 is 8.98 Å². The van der Waals surface area contributed by atoms with Crippen molar-refractivity contribution in [1.29, 1.82) is 0 Å². The molecule has 0 unspecified atom stereocenters. The lowest BCUT2D eigenvalue weighted by atomic mass is 9.97. The highest BCUT2D eigenvalue weighted by Gasteiger charge is 2.20. The van der Waals surface area contributed by atoms with Crippen LogP contribution in [0.15, 0.2) is 210 Å². The van der Waals surface area contributed by atoms with Gasteiger partial charge in [0.1, 0.15) is 11.2 Å². The molecule has 0 spiro atoms. The Labute approximate surface area is 381 Å². The maximum atomic E-state index is 9.98. The Balaban J connectivity index is 1.05. The number of nitrogens with zero attached hydrogens (tertiary/aromatic N) is 4. The first-order chi connectivity index (χ1) is 35.8. The summed E-state index contributed by atoms with van der Waals surface area (Å²) >= 11 is 1.63. The average molecular weight is 834 g/mol. The second-order valence-corrected chi connectivity index (χ2v) is 16.2. The lowest BCUT2D eigenvalue weighted by molar-refractivity contribution is 0.669. The Bertz CT molecular complexity index is 4560. The SMILES string of the molecule is [2H]c1c(-n2c3c([2H])cccc3c3c([2H])c([2H])c([2H])c([2H])c32)c([2H])c2c(oc3c([2H])c([2H])c([2H])c(-c4nc(-c5ccccc5)nc(-c5ccc6c(c5)sc5cccc(-c7ccc(-c8ccccc8)cc7)c56)n4)c32)c1[2H]. The normalized spacial score (nSPS) is 14.3. The van der Waals surface area contributed by atoms with Crippen LogP contribution in [-0.2, 0) is 0 Å². The highest BCUT2D eigenvalue weighted by molar-refractivity contribution is 7.26. The van der Waals surface area contributed by atoms with E-state index in [2.05, 4.69) is 54.6 Å². The summed E-state index contributed by atoms with van der Waals surface area (Å²) in [5.41, 5.74) is 4.73. The first-order valence-electron chi connectivity index (χ1n) is 25.7. The molecule has 13 aromatic rings. The zero-order valence-electron chi connectivity index (χ0n) is 43.9. The van der Waals surface area contributed by atoms with Gasteiger partial charge in [-0.25, -0.2) is 15.0 Å². The molecule has 6 heteroatoms. The van der Waals surface area contributed by atoms with Crippen molar-refractivity contribution < 1.29 is 19.5 Å². The smallest absolute Gasteiger partial charge is 0.164 e. The van der Waals surface area contributed by atoms with Crippen molar-refractivity contribution in [1.82, 2.24) is 19.5 Å². The fourth-order valence-electron chi connectivity index (χ4n) is 8.55. The summed E-state index contributed by atoms with van der Waals surface area (Å²) in [4.78, 5) is 14.9. The Kier molecular flexibility index (Phi) is 5.91. The van der Waals surface area contributed by atoms with Gasteiger partial charge in [0.15, 0.2) is 17.5 Å². The molecule has 0 aliphatic carbocycles. The summed E-state index contributed by atoms with van der Waals surface area (Å²) in [5, 5.41) is 2.33. The van der Waals surface area contributed by atoms with Gasteiger partial charge >= 0.3 is 0 Å². The molecule has 0 radical (unpaired) electrons. The third-order valence-electron chi connectivity index (χ3n) is 11.5. The van der Waals surface area contributed by atoms with Crippen LogP contribution in [0.1, 0.15) is 15.1 Å². The number of hydrogen-bond donors (Lipinski definition) is 0. The second kappa shape index (κ2) is 14.2. The highest BCUT2D eigenvalue weighted by Crippen LogP contribution is 2.43. The van der Waals surface area contributed by atoms with E-state index < -0.39 is 54.4 Å². The Morgan fingerprint density at radius 3 is 2.00 bits per heavy atom. The second-order valence-electron chi connectivity index (χ2n) is 15.1. The first kappa shape index (κ1) is 26.2. The number of rotatable bonds is 6. The predicted molar refractivity (Wildman–Crippen MR) is 262 cm³/mol. The molecule has 9 aromatic carbocycles. The maximum absolute atomic E-state index is 9.98. The molecule has 0 aliphatic heterocycles. The number of aromatic nitrogens is 4. The van der Waals surface area contributed by atoms with Crippen molar-refractivity contribution in [3.63, 3.8) is 0 Å². The zero-order chi connectivity index (χ0) is 51.0. The van der Waals surface area contributed by atoms with Crippen LogP contribution in [0, 0.1) is 0 Å². The molecule has 0 amide bonds. The minimum atomic E-state index is -0.568. The highest BCUT2D eigenvalue weighted by atomic mass is 32.1. The number of hydrogen-bond acceptors (Lipinski definition) is 5. The predicted octanol–water partition coefficient (Wildman–Crippen LogP) is 15.6. The standard InChI is InChI=1S/C57H34N4OS/c1-3-13-35(14-4-1)36-25-27-37(28-26-36)41-19-12-24-51-54(41)44-31-29-39(33-52(44)63-51)56-58-55(38-15-5-2-6-16-38)59-57(60-56)45-20-11-23-50-53(45)46-34-40(30-32-49(46)62-50)61-47-21-9-7-17-42(47)43-18-8-10-22-48(43)61/h1-34H/i7D,9D,11D,17D,20D,21D,22D,23D,30D,32D,34D. The van der Waals surface area contributed by atoms with Gasteiger partial charge in [-0.2, -0.15) is 0 Å². The van der Waals surface area contributed by atoms with Crippen LogP contribution in [-0.4, -0.2) is 19.5 Å². The summed E-state index contributed by atoms with van der Waals surface area (Å²) in [7, 11) is 0. The molecule has 0 saturated heterocycles. The fourth-order valence-corrected chi connectivity index (χ4v) is 9.72.